The Hall–Kier alpha value is -1.06. The molecule has 1 fully saturated rings. The lowest BCUT2D eigenvalue weighted by atomic mass is 9.73. The van der Waals surface area contributed by atoms with E-state index in [1.165, 1.54) is 11.1 Å². The molecule has 0 saturated carbocycles. The van der Waals surface area contributed by atoms with Crippen LogP contribution in [0, 0.1) is 6.92 Å². The molecule has 0 unspecified atom stereocenters. The van der Waals surface area contributed by atoms with Crippen LogP contribution in [0.4, 0.5) is 0 Å². The van der Waals surface area contributed by atoms with Crippen molar-refractivity contribution in [2.75, 3.05) is 47.6 Å². The summed E-state index contributed by atoms with van der Waals surface area (Å²) < 4.78 is 16.8. The molecule has 0 amide bonds. The first-order valence-electron chi connectivity index (χ1n) is 9.58. The number of ether oxygens (including phenoxy) is 3. The molecule has 0 atom stereocenters. The van der Waals surface area contributed by atoms with Crippen molar-refractivity contribution >= 4 is 29.9 Å². The largest absolute Gasteiger partial charge is 0.496 e. The molecule has 7 heteroatoms. The first-order valence-corrected chi connectivity index (χ1v) is 9.58. The highest BCUT2D eigenvalue weighted by molar-refractivity contribution is 14.0. The molecule has 1 aromatic carbocycles. The summed E-state index contributed by atoms with van der Waals surface area (Å²) in [6, 6.07) is 6.40. The number of nitrogens with one attached hydrogen (secondary N) is 2. The smallest absolute Gasteiger partial charge is 0.191 e. The average Bonchev–Trinajstić information content (AvgIpc) is 2.68. The van der Waals surface area contributed by atoms with Crippen LogP contribution >= 0.6 is 24.0 Å². The van der Waals surface area contributed by atoms with Gasteiger partial charge in [-0.1, -0.05) is 17.7 Å². The molecular weight excluding hydrogens is 469 g/mol. The Balaban J connectivity index is 0.00000392. The van der Waals surface area contributed by atoms with E-state index in [0.717, 1.165) is 44.3 Å². The van der Waals surface area contributed by atoms with Gasteiger partial charge in [-0.3, -0.25) is 4.99 Å². The number of halogens is 1. The highest BCUT2D eigenvalue weighted by Gasteiger charge is 2.37. The zero-order valence-electron chi connectivity index (χ0n) is 18.1. The minimum Gasteiger partial charge on any atom is -0.496 e. The third kappa shape index (κ3) is 6.49. The lowest BCUT2D eigenvalue weighted by Gasteiger charge is -2.39. The van der Waals surface area contributed by atoms with Crippen LogP contribution in [0.3, 0.4) is 0 Å². The summed E-state index contributed by atoms with van der Waals surface area (Å²) in [6.07, 6.45) is 1.89. The van der Waals surface area contributed by atoms with E-state index in [9.17, 15) is 0 Å². The number of methoxy groups -OCH3 is 2. The lowest BCUT2D eigenvalue weighted by molar-refractivity contribution is 0.0267. The molecule has 1 aliphatic rings. The normalized spacial score (nSPS) is 16.9. The van der Waals surface area contributed by atoms with Crippen LogP contribution in [0.15, 0.2) is 23.2 Å². The average molecular weight is 505 g/mol. The van der Waals surface area contributed by atoms with Crippen molar-refractivity contribution in [3.63, 3.8) is 0 Å². The summed E-state index contributed by atoms with van der Waals surface area (Å²) in [7, 11) is 5.25. The van der Waals surface area contributed by atoms with Crippen LogP contribution in [0.1, 0.15) is 37.8 Å². The van der Waals surface area contributed by atoms with Gasteiger partial charge in [-0.05, 0) is 39.7 Å². The van der Waals surface area contributed by atoms with E-state index in [2.05, 4.69) is 40.7 Å². The molecular formula is C21H36IN3O3. The topological polar surface area (TPSA) is 64.1 Å². The Labute approximate surface area is 186 Å². The molecule has 160 valence electrons. The fraction of sp³-hybridized carbons (Fsp3) is 0.667. The molecule has 1 heterocycles. The number of guanidine groups is 1. The SMILES string of the molecule is CN=C(NCC(C)(C)OC)NCC1(c2cc(C)ccc2OC)CCOCC1.I. The van der Waals surface area contributed by atoms with E-state index in [0.29, 0.717) is 6.54 Å². The van der Waals surface area contributed by atoms with Crippen molar-refractivity contribution < 1.29 is 14.2 Å². The van der Waals surface area contributed by atoms with Gasteiger partial charge in [-0.25, -0.2) is 0 Å². The fourth-order valence-electron chi connectivity index (χ4n) is 3.38. The number of hydrogen-bond acceptors (Lipinski definition) is 4. The van der Waals surface area contributed by atoms with Crippen LogP contribution in [-0.4, -0.2) is 59.1 Å². The lowest BCUT2D eigenvalue weighted by Crippen LogP contribution is -2.50. The zero-order valence-corrected chi connectivity index (χ0v) is 20.4. The summed E-state index contributed by atoms with van der Waals surface area (Å²) in [5.74, 6) is 1.71. The zero-order chi connectivity index (χ0) is 19.9. The van der Waals surface area contributed by atoms with Gasteiger partial charge in [0.1, 0.15) is 5.75 Å². The van der Waals surface area contributed by atoms with Crippen molar-refractivity contribution in [2.24, 2.45) is 4.99 Å². The maximum atomic E-state index is 5.69. The van der Waals surface area contributed by atoms with Gasteiger partial charge in [0, 0.05) is 51.4 Å². The minimum absolute atomic E-state index is 0. The molecule has 0 spiro atoms. The van der Waals surface area contributed by atoms with E-state index in [-0.39, 0.29) is 35.0 Å². The number of aryl methyl sites for hydroxylation is 1. The van der Waals surface area contributed by atoms with Gasteiger partial charge in [-0.15, -0.1) is 24.0 Å². The highest BCUT2D eigenvalue weighted by Crippen LogP contribution is 2.40. The second kappa shape index (κ2) is 11.2. The van der Waals surface area contributed by atoms with Gasteiger partial charge in [0.15, 0.2) is 5.96 Å². The number of nitrogens with zero attached hydrogens (tertiary/aromatic N) is 1. The molecule has 28 heavy (non-hydrogen) atoms. The first kappa shape index (κ1) is 25.0. The van der Waals surface area contributed by atoms with Gasteiger partial charge in [0.05, 0.1) is 12.7 Å². The van der Waals surface area contributed by atoms with Gasteiger partial charge in [0.25, 0.3) is 0 Å². The number of hydrogen-bond donors (Lipinski definition) is 2. The fourth-order valence-corrected chi connectivity index (χ4v) is 3.38. The monoisotopic (exact) mass is 505 g/mol. The second-order valence-electron chi connectivity index (χ2n) is 7.84. The van der Waals surface area contributed by atoms with Crippen LogP contribution < -0.4 is 15.4 Å². The number of rotatable bonds is 7. The second-order valence-corrected chi connectivity index (χ2v) is 7.84. The Morgan fingerprint density at radius 3 is 2.46 bits per heavy atom. The molecule has 2 rings (SSSR count). The van der Waals surface area contributed by atoms with E-state index in [1.807, 2.05) is 13.8 Å². The molecule has 0 aliphatic carbocycles. The minimum atomic E-state index is -0.256. The molecule has 0 aromatic heterocycles. The standard InChI is InChI=1S/C21H35N3O3.HI/c1-16-7-8-18(25-5)17(13-16)21(9-11-27-12-10-21)15-24-19(22-4)23-14-20(2,3)26-6;/h7-8,13H,9-12,14-15H2,1-6H3,(H2,22,23,24);1H. The maximum absolute atomic E-state index is 5.69. The maximum Gasteiger partial charge on any atom is 0.191 e. The van der Waals surface area contributed by atoms with Crippen molar-refractivity contribution in [2.45, 2.75) is 44.6 Å². The van der Waals surface area contributed by atoms with Crippen molar-refractivity contribution in [3.8, 4) is 5.75 Å². The summed E-state index contributed by atoms with van der Waals surface area (Å²) in [5.41, 5.74) is 2.17. The van der Waals surface area contributed by atoms with Crippen LogP contribution in [0.2, 0.25) is 0 Å². The molecule has 2 N–H and O–H groups in total. The van der Waals surface area contributed by atoms with Crippen LogP contribution in [0.5, 0.6) is 5.75 Å². The molecule has 6 nitrogen and oxygen atoms in total. The van der Waals surface area contributed by atoms with Crippen LogP contribution in [0.25, 0.3) is 0 Å². The Morgan fingerprint density at radius 2 is 1.89 bits per heavy atom. The summed E-state index contributed by atoms with van der Waals surface area (Å²) >= 11 is 0. The molecule has 1 saturated heterocycles. The molecule has 1 aromatic rings. The van der Waals surface area contributed by atoms with Crippen molar-refractivity contribution in [1.29, 1.82) is 0 Å². The molecule has 1 aliphatic heterocycles. The van der Waals surface area contributed by atoms with Gasteiger partial charge >= 0.3 is 0 Å². The molecule has 0 bridgehead atoms. The van der Waals surface area contributed by atoms with Crippen molar-refractivity contribution in [1.82, 2.24) is 10.6 Å². The Bertz CT molecular complexity index is 644. The van der Waals surface area contributed by atoms with Crippen LogP contribution in [-0.2, 0) is 14.9 Å². The number of aliphatic imine (C=N–C) groups is 1. The van der Waals surface area contributed by atoms with Gasteiger partial charge < -0.3 is 24.8 Å². The number of benzene rings is 1. The summed E-state index contributed by atoms with van der Waals surface area (Å²) in [5, 5.41) is 6.88. The van der Waals surface area contributed by atoms with E-state index in [1.54, 1.807) is 21.3 Å². The third-order valence-electron chi connectivity index (χ3n) is 5.43. The van der Waals surface area contributed by atoms with E-state index < -0.39 is 0 Å². The van der Waals surface area contributed by atoms with E-state index in [4.69, 9.17) is 14.2 Å². The quantitative estimate of drug-likeness (QED) is 0.339. The first-order chi connectivity index (χ1) is 12.9. The van der Waals surface area contributed by atoms with Gasteiger partial charge in [-0.2, -0.15) is 0 Å². The molecule has 0 radical (unpaired) electrons. The van der Waals surface area contributed by atoms with Gasteiger partial charge in [0.2, 0.25) is 0 Å². The third-order valence-corrected chi connectivity index (χ3v) is 5.43. The summed E-state index contributed by atoms with van der Waals surface area (Å²) in [6.45, 7) is 9.16. The predicted octanol–water partition coefficient (Wildman–Crippen LogP) is 3.26. The Kier molecular flexibility index (Phi) is 10.00. The highest BCUT2D eigenvalue weighted by atomic mass is 127. The Morgan fingerprint density at radius 1 is 1.21 bits per heavy atom. The van der Waals surface area contributed by atoms with E-state index >= 15 is 0 Å². The summed E-state index contributed by atoms with van der Waals surface area (Å²) in [4.78, 5) is 4.37. The van der Waals surface area contributed by atoms with Crippen molar-refractivity contribution in [3.05, 3.63) is 29.3 Å². The predicted molar refractivity (Wildman–Crippen MR) is 125 cm³/mol.